The molecule has 1 N–H and O–H groups in total. The number of hydrogen-bond acceptors (Lipinski definition) is 2. The zero-order chi connectivity index (χ0) is 14.9. The molecule has 0 radical (unpaired) electrons. The Bertz CT molecular complexity index is 589. The van der Waals surface area contributed by atoms with Gasteiger partial charge in [-0.2, -0.15) is 0 Å². The number of nitrogens with one attached hydrogen (secondary N) is 1. The maximum atomic E-state index is 14.2. The summed E-state index contributed by atoms with van der Waals surface area (Å²) < 4.78 is 29.7. The van der Waals surface area contributed by atoms with Crippen LogP contribution in [0.2, 0.25) is 0 Å². The smallest absolute Gasteiger partial charge is 0.150 e. The minimum Gasteiger partial charge on any atom is -0.308 e. The average Bonchev–Trinajstić information content (AvgIpc) is 2.71. The van der Waals surface area contributed by atoms with E-state index in [1.165, 1.54) is 22.9 Å². The Morgan fingerprint density at radius 2 is 1.80 bits per heavy atom. The molecular weight excluding hydrogens is 260 g/mol. The highest BCUT2D eigenvalue weighted by atomic mass is 19.1. The van der Waals surface area contributed by atoms with Crippen LogP contribution in [0.3, 0.4) is 0 Å². The molecule has 0 saturated heterocycles. The van der Waals surface area contributed by atoms with Crippen molar-refractivity contribution in [1.29, 1.82) is 0 Å². The Morgan fingerprint density at radius 3 is 2.25 bits per heavy atom. The Labute approximate surface area is 117 Å². The van der Waals surface area contributed by atoms with Crippen molar-refractivity contribution in [3.05, 3.63) is 47.5 Å². The molecule has 0 spiro atoms. The molecule has 5 heteroatoms. The highest BCUT2D eigenvalue weighted by Crippen LogP contribution is 2.21. The van der Waals surface area contributed by atoms with Gasteiger partial charge in [-0.15, -0.1) is 0 Å². The molecular formula is C15H19F2N3. The largest absolute Gasteiger partial charge is 0.308 e. The highest BCUT2D eigenvalue weighted by molar-refractivity contribution is 5.39. The van der Waals surface area contributed by atoms with Crippen LogP contribution in [0.4, 0.5) is 8.78 Å². The normalized spacial score (nSPS) is 11.9. The van der Waals surface area contributed by atoms with Crippen LogP contribution in [-0.2, 0) is 6.54 Å². The molecule has 1 aromatic heterocycles. The summed E-state index contributed by atoms with van der Waals surface area (Å²) >= 11 is 0. The maximum Gasteiger partial charge on any atom is 0.150 e. The van der Waals surface area contributed by atoms with Gasteiger partial charge < -0.3 is 5.32 Å². The quantitative estimate of drug-likeness (QED) is 0.933. The van der Waals surface area contributed by atoms with E-state index in [1.54, 1.807) is 13.1 Å². The van der Waals surface area contributed by atoms with Gasteiger partial charge in [0.25, 0.3) is 0 Å². The second kappa shape index (κ2) is 5.32. The standard InChI is InChI=1S/C15H19F2N3/c1-10-18-5-6-20(10)14-12(16)7-11(8-13(14)17)9-19-15(2,3)4/h5-8,19H,9H2,1-4H3. The molecule has 1 aromatic carbocycles. The van der Waals surface area contributed by atoms with Crippen molar-refractivity contribution in [1.82, 2.24) is 14.9 Å². The van der Waals surface area contributed by atoms with Crippen molar-refractivity contribution in [3.63, 3.8) is 0 Å². The van der Waals surface area contributed by atoms with E-state index in [1.807, 2.05) is 20.8 Å². The summed E-state index contributed by atoms with van der Waals surface area (Å²) in [6.07, 6.45) is 3.06. The highest BCUT2D eigenvalue weighted by Gasteiger charge is 2.16. The van der Waals surface area contributed by atoms with E-state index in [9.17, 15) is 8.78 Å². The lowest BCUT2D eigenvalue weighted by Crippen LogP contribution is -2.35. The summed E-state index contributed by atoms with van der Waals surface area (Å²) in [7, 11) is 0. The monoisotopic (exact) mass is 279 g/mol. The van der Waals surface area contributed by atoms with Crippen LogP contribution in [0, 0.1) is 18.6 Å². The predicted octanol–water partition coefficient (Wildman–Crippen LogP) is 3.35. The molecule has 20 heavy (non-hydrogen) atoms. The SMILES string of the molecule is Cc1nccn1-c1c(F)cc(CNC(C)(C)C)cc1F. The summed E-state index contributed by atoms with van der Waals surface area (Å²) in [5.74, 6) is -0.628. The summed E-state index contributed by atoms with van der Waals surface area (Å²) in [5.41, 5.74) is 0.392. The maximum absolute atomic E-state index is 14.2. The lowest BCUT2D eigenvalue weighted by Gasteiger charge is -2.21. The van der Waals surface area contributed by atoms with E-state index in [2.05, 4.69) is 10.3 Å². The zero-order valence-corrected chi connectivity index (χ0v) is 12.2. The average molecular weight is 279 g/mol. The third kappa shape index (κ3) is 3.22. The molecule has 1 heterocycles. The van der Waals surface area contributed by atoms with Crippen molar-refractivity contribution in [2.24, 2.45) is 0 Å². The summed E-state index contributed by atoms with van der Waals surface area (Å²) in [6.45, 7) is 8.13. The van der Waals surface area contributed by atoms with Gasteiger partial charge in [-0.05, 0) is 45.4 Å². The second-order valence-electron chi connectivity index (χ2n) is 5.86. The first-order valence-corrected chi connectivity index (χ1v) is 6.51. The third-order valence-corrected chi connectivity index (χ3v) is 2.97. The Balaban J connectivity index is 2.33. The van der Waals surface area contributed by atoms with Crippen LogP contribution in [0.15, 0.2) is 24.5 Å². The Kier molecular flexibility index (Phi) is 3.90. The molecule has 3 nitrogen and oxygen atoms in total. The van der Waals surface area contributed by atoms with Crippen LogP contribution < -0.4 is 5.32 Å². The lowest BCUT2D eigenvalue weighted by atomic mass is 10.1. The summed E-state index contributed by atoms with van der Waals surface area (Å²) in [4.78, 5) is 3.98. The fourth-order valence-corrected chi connectivity index (χ4v) is 1.93. The fourth-order valence-electron chi connectivity index (χ4n) is 1.93. The number of nitrogens with zero attached hydrogens (tertiary/aromatic N) is 2. The van der Waals surface area contributed by atoms with Gasteiger partial charge >= 0.3 is 0 Å². The van der Waals surface area contributed by atoms with Crippen LogP contribution in [0.5, 0.6) is 0 Å². The topological polar surface area (TPSA) is 29.9 Å². The number of aromatic nitrogens is 2. The molecule has 0 amide bonds. The van der Waals surface area contributed by atoms with Gasteiger partial charge in [0.05, 0.1) is 0 Å². The first kappa shape index (κ1) is 14.7. The van der Waals surface area contributed by atoms with Crippen LogP contribution in [0.25, 0.3) is 5.69 Å². The Hall–Kier alpha value is -1.75. The number of aryl methyl sites for hydroxylation is 1. The molecule has 2 aromatic rings. The first-order chi connectivity index (χ1) is 9.28. The molecule has 0 saturated carbocycles. The van der Waals surface area contributed by atoms with Gasteiger partial charge in [-0.1, -0.05) is 0 Å². The van der Waals surface area contributed by atoms with Crippen LogP contribution in [-0.4, -0.2) is 15.1 Å². The molecule has 0 aliphatic heterocycles. The number of benzene rings is 1. The Morgan fingerprint density at radius 1 is 1.20 bits per heavy atom. The zero-order valence-electron chi connectivity index (χ0n) is 12.2. The van der Waals surface area contributed by atoms with E-state index in [-0.39, 0.29) is 11.2 Å². The minimum absolute atomic E-state index is 0.0838. The molecule has 0 unspecified atom stereocenters. The van der Waals surface area contributed by atoms with E-state index >= 15 is 0 Å². The first-order valence-electron chi connectivity index (χ1n) is 6.51. The molecule has 0 aliphatic rings. The second-order valence-corrected chi connectivity index (χ2v) is 5.86. The summed E-state index contributed by atoms with van der Waals surface area (Å²) in [6, 6.07) is 2.72. The van der Waals surface area contributed by atoms with E-state index < -0.39 is 11.6 Å². The molecule has 0 atom stereocenters. The predicted molar refractivity (Wildman–Crippen MR) is 74.8 cm³/mol. The minimum atomic E-state index is -0.586. The molecule has 0 fully saturated rings. The van der Waals surface area contributed by atoms with Crippen molar-refractivity contribution in [3.8, 4) is 5.69 Å². The lowest BCUT2D eigenvalue weighted by molar-refractivity contribution is 0.422. The van der Waals surface area contributed by atoms with Gasteiger partial charge in [0.1, 0.15) is 11.5 Å². The van der Waals surface area contributed by atoms with E-state index in [0.717, 1.165) is 0 Å². The van der Waals surface area contributed by atoms with Gasteiger partial charge in [0, 0.05) is 24.5 Å². The third-order valence-electron chi connectivity index (χ3n) is 2.97. The van der Waals surface area contributed by atoms with E-state index in [0.29, 0.717) is 17.9 Å². The molecule has 0 bridgehead atoms. The van der Waals surface area contributed by atoms with Gasteiger partial charge in [-0.25, -0.2) is 13.8 Å². The van der Waals surface area contributed by atoms with Crippen LogP contribution >= 0.6 is 0 Å². The number of halogens is 2. The van der Waals surface area contributed by atoms with Gasteiger partial charge in [0.2, 0.25) is 0 Å². The fraction of sp³-hybridized carbons (Fsp3) is 0.400. The molecule has 2 rings (SSSR count). The van der Waals surface area contributed by atoms with Crippen molar-refractivity contribution in [2.45, 2.75) is 39.8 Å². The van der Waals surface area contributed by atoms with E-state index in [4.69, 9.17) is 0 Å². The van der Waals surface area contributed by atoms with Crippen LogP contribution in [0.1, 0.15) is 32.2 Å². The van der Waals surface area contributed by atoms with Gasteiger partial charge in [-0.3, -0.25) is 4.57 Å². The summed E-state index contributed by atoms with van der Waals surface area (Å²) in [5, 5.41) is 3.21. The van der Waals surface area contributed by atoms with Gasteiger partial charge in [0.15, 0.2) is 11.6 Å². The van der Waals surface area contributed by atoms with Crippen molar-refractivity contribution < 1.29 is 8.78 Å². The number of imidazole rings is 1. The number of hydrogen-bond donors (Lipinski definition) is 1. The van der Waals surface area contributed by atoms with Crippen molar-refractivity contribution in [2.75, 3.05) is 0 Å². The molecule has 108 valence electrons. The number of rotatable bonds is 3. The van der Waals surface area contributed by atoms with Crippen molar-refractivity contribution >= 4 is 0 Å². The molecule has 0 aliphatic carbocycles.